The SMILES string of the molecule is CC1=C(C(=O)O)NC(SCC(=O)NC[C@H]2CN(Cc3ccc(Cl)c(Cl)c3)CCO2)S1. The number of carbonyl (C=O) groups is 2. The first-order valence-corrected chi connectivity index (χ1v) is 12.0. The lowest BCUT2D eigenvalue weighted by Gasteiger charge is -2.33. The number of hydrogen-bond donors (Lipinski definition) is 3. The second kappa shape index (κ2) is 11.0. The van der Waals surface area contributed by atoms with Crippen LogP contribution in [-0.4, -0.2) is 64.7 Å². The van der Waals surface area contributed by atoms with Crippen molar-refractivity contribution in [3.63, 3.8) is 0 Å². The predicted molar refractivity (Wildman–Crippen MR) is 122 cm³/mol. The first-order chi connectivity index (χ1) is 14.3. The van der Waals surface area contributed by atoms with Crippen molar-refractivity contribution in [2.75, 3.05) is 32.0 Å². The third-order valence-corrected chi connectivity index (χ3v) is 7.79. The predicted octanol–water partition coefficient (Wildman–Crippen LogP) is 2.98. The van der Waals surface area contributed by atoms with Crippen LogP contribution >= 0.6 is 46.7 Å². The van der Waals surface area contributed by atoms with Gasteiger partial charge in [-0.3, -0.25) is 9.69 Å². The fraction of sp³-hybridized carbons (Fsp3) is 0.474. The standard InChI is InChI=1S/C19H23Cl2N3O4S2/c1-11-17(18(26)27)23-19(30-11)29-10-16(25)22-7-13-9-24(4-5-28-13)8-12-2-3-14(20)15(21)6-12/h2-3,6,13,19,23H,4-5,7-10H2,1H3,(H,22,25)(H,26,27)/t13-,19?/m0/s1. The van der Waals surface area contributed by atoms with E-state index in [4.69, 9.17) is 33.0 Å². The largest absolute Gasteiger partial charge is 0.477 e. The summed E-state index contributed by atoms with van der Waals surface area (Å²) in [6, 6.07) is 5.62. The lowest BCUT2D eigenvalue weighted by Crippen LogP contribution is -2.47. The fourth-order valence-corrected chi connectivity index (χ4v) is 5.73. The molecule has 3 rings (SSSR count). The number of thioether (sulfide) groups is 2. The highest BCUT2D eigenvalue weighted by Crippen LogP contribution is 2.35. The summed E-state index contributed by atoms with van der Waals surface area (Å²) in [5.74, 6) is -0.841. The van der Waals surface area contributed by atoms with Gasteiger partial charge in [-0.15, -0.1) is 11.8 Å². The molecule has 0 saturated carbocycles. The third kappa shape index (κ3) is 6.70. The van der Waals surface area contributed by atoms with Crippen molar-refractivity contribution in [2.45, 2.75) is 24.3 Å². The number of ether oxygens (including phenoxy) is 1. The number of benzene rings is 1. The second-order valence-corrected chi connectivity index (χ2v) is 10.4. The molecule has 0 aromatic heterocycles. The Kier molecular flexibility index (Phi) is 8.62. The van der Waals surface area contributed by atoms with Crippen LogP contribution < -0.4 is 10.6 Å². The smallest absolute Gasteiger partial charge is 0.352 e. The minimum absolute atomic E-state index is 0.0861. The number of amides is 1. The Morgan fingerprint density at radius 2 is 2.20 bits per heavy atom. The summed E-state index contributed by atoms with van der Waals surface area (Å²) in [4.78, 5) is 26.3. The van der Waals surface area contributed by atoms with Crippen LogP contribution in [0.1, 0.15) is 12.5 Å². The number of nitrogens with one attached hydrogen (secondary N) is 2. The Bertz CT molecular complexity index is 840. The zero-order valence-corrected chi connectivity index (χ0v) is 19.5. The monoisotopic (exact) mass is 491 g/mol. The number of carboxylic acid groups (broad SMARTS) is 1. The van der Waals surface area contributed by atoms with Gasteiger partial charge < -0.3 is 20.5 Å². The Balaban J connectivity index is 1.37. The number of hydrogen-bond acceptors (Lipinski definition) is 7. The number of aliphatic carboxylic acids is 1. The van der Waals surface area contributed by atoms with Crippen molar-refractivity contribution in [3.8, 4) is 0 Å². The first-order valence-electron chi connectivity index (χ1n) is 9.35. The van der Waals surface area contributed by atoms with Gasteiger partial charge in [0.05, 0.1) is 28.5 Å². The van der Waals surface area contributed by atoms with Gasteiger partial charge in [0, 0.05) is 31.1 Å². The minimum atomic E-state index is -0.979. The van der Waals surface area contributed by atoms with Crippen molar-refractivity contribution in [2.24, 2.45) is 0 Å². The van der Waals surface area contributed by atoms with Crippen molar-refractivity contribution < 1.29 is 19.4 Å². The number of rotatable bonds is 8. The number of carbonyl (C=O) groups excluding carboxylic acids is 1. The van der Waals surface area contributed by atoms with E-state index in [0.29, 0.717) is 29.7 Å². The van der Waals surface area contributed by atoms with Gasteiger partial charge in [0.25, 0.3) is 0 Å². The summed E-state index contributed by atoms with van der Waals surface area (Å²) >= 11 is 14.8. The lowest BCUT2D eigenvalue weighted by atomic mass is 10.2. The van der Waals surface area contributed by atoms with Crippen LogP contribution in [0, 0.1) is 0 Å². The van der Waals surface area contributed by atoms with Crippen LogP contribution in [0.4, 0.5) is 0 Å². The second-order valence-electron chi connectivity index (χ2n) is 6.92. The highest BCUT2D eigenvalue weighted by atomic mass is 35.5. The van der Waals surface area contributed by atoms with Crippen LogP contribution in [0.15, 0.2) is 28.8 Å². The van der Waals surface area contributed by atoms with Gasteiger partial charge in [0.2, 0.25) is 5.91 Å². The molecule has 1 saturated heterocycles. The van der Waals surface area contributed by atoms with Gasteiger partial charge in [-0.1, -0.05) is 41.0 Å². The number of halogens is 2. The van der Waals surface area contributed by atoms with Crippen LogP contribution in [0.5, 0.6) is 0 Å². The number of allylic oxidation sites excluding steroid dienone is 1. The van der Waals surface area contributed by atoms with Crippen LogP contribution in [-0.2, 0) is 20.9 Å². The maximum Gasteiger partial charge on any atom is 0.352 e. The molecule has 1 unspecified atom stereocenters. The van der Waals surface area contributed by atoms with Crippen LogP contribution in [0.25, 0.3) is 0 Å². The zero-order valence-electron chi connectivity index (χ0n) is 16.3. The van der Waals surface area contributed by atoms with E-state index in [0.717, 1.165) is 23.6 Å². The molecular weight excluding hydrogens is 469 g/mol. The molecule has 2 aliphatic rings. The molecule has 3 N–H and O–H groups in total. The summed E-state index contributed by atoms with van der Waals surface area (Å²) in [5, 5.41) is 16.0. The average molecular weight is 492 g/mol. The molecular formula is C19H23Cl2N3O4S2. The molecule has 11 heteroatoms. The van der Waals surface area contributed by atoms with E-state index < -0.39 is 5.97 Å². The summed E-state index contributed by atoms with van der Waals surface area (Å²) in [5.41, 5.74) is 1.28. The van der Waals surface area contributed by atoms with Gasteiger partial charge in [-0.25, -0.2) is 4.79 Å². The molecule has 1 amide bonds. The molecule has 2 heterocycles. The van der Waals surface area contributed by atoms with Gasteiger partial charge in [-0.05, 0) is 24.6 Å². The molecule has 164 valence electrons. The summed E-state index contributed by atoms with van der Waals surface area (Å²) < 4.78 is 5.60. The Morgan fingerprint density at radius 1 is 1.40 bits per heavy atom. The summed E-state index contributed by atoms with van der Waals surface area (Å²) in [6.07, 6.45) is -0.0861. The van der Waals surface area contributed by atoms with E-state index in [1.165, 1.54) is 23.5 Å². The number of carboxylic acids is 1. The van der Waals surface area contributed by atoms with Crippen molar-refractivity contribution in [1.82, 2.24) is 15.5 Å². The number of morpholine rings is 1. The summed E-state index contributed by atoms with van der Waals surface area (Å²) in [7, 11) is 0. The minimum Gasteiger partial charge on any atom is -0.477 e. The van der Waals surface area contributed by atoms with Crippen molar-refractivity contribution in [3.05, 3.63) is 44.4 Å². The van der Waals surface area contributed by atoms with Gasteiger partial charge in [0.15, 0.2) is 0 Å². The Morgan fingerprint density at radius 3 is 2.90 bits per heavy atom. The van der Waals surface area contributed by atoms with E-state index in [-0.39, 0.29) is 28.2 Å². The third-order valence-electron chi connectivity index (χ3n) is 4.62. The van der Waals surface area contributed by atoms with Gasteiger partial charge in [0.1, 0.15) is 10.4 Å². The van der Waals surface area contributed by atoms with E-state index in [2.05, 4.69) is 15.5 Å². The molecule has 0 bridgehead atoms. The van der Waals surface area contributed by atoms with Crippen molar-refractivity contribution in [1.29, 1.82) is 0 Å². The molecule has 7 nitrogen and oxygen atoms in total. The molecule has 1 fully saturated rings. The zero-order chi connectivity index (χ0) is 21.7. The van der Waals surface area contributed by atoms with E-state index in [1.807, 2.05) is 12.1 Å². The van der Waals surface area contributed by atoms with Crippen molar-refractivity contribution >= 4 is 58.6 Å². The maximum atomic E-state index is 12.2. The first kappa shape index (κ1) is 23.6. The fourth-order valence-electron chi connectivity index (χ4n) is 3.13. The topological polar surface area (TPSA) is 90.9 Å². The summed E-state index contributed by atoms with van der Waals surface area (Å²) in [6.45, 7) is 5.04. The molecule has 1 aromatic rings. The highest BCUT2D eigenvalue weighted by molar-refractivity contribution is 8.19. The molecule has 0 radical (unpaired) electrons. The van der Waals surface area contributed by atoms with Gasteiger partial charge in [-0.2, -0.15) is 0 Å². The normalized spacial score (nSPS) is 22.1. The molecule has 30 heavy (non-hydrogen) atoms. The Hall–Kier alpha value is -1.10. The van der Waals surface area contributed by atoms with Gasteiger partial charge >= 0.3 is 5.97 Å². The lowest BCUT2D eigenvalue weighted by molar-refractivity contribution is -0.133. The number of nitrogens with zero attached hydrogens (tertiary/aromatic N) is 1. The van der Waals surface area contributed by atoms with Crippen LogP contribution in [0.2, 0.25) is 10.0 Å². The van der Waals surface area contributed by atoms with E-state index in [9.17, 15) is 9.59 Å². The van der Waals surface area contributed by atoms with E-state index >= 15 is 0 Å². The molecule has 2 atom stereocenters. The molecule has 0 spiro atoms. The maximum absolute atomic E-state index is 12.2. The Labute approximate surface area is 193 Å². The quantitative estimate of drug-likeness (QED) is 0.511. The molecule has 2 aliphatic heterocycles. The highest BCUT2D eigenvalue weighted by Gasteiger charge is 2.27. The van der Waals surface area contributed by atoms with E-state index in [1.54, 1.807) is 13.0 Å². The molecule has 1 aromatic carbocycles. The molecule has 0 aliphatic carbocycles. The van der Waals surface area contributed by atoms with Crippen LogP contribution in [0.3, 0.4) is 0 Å². The average Bonchev–Trinajstić information content (AvgIpc) is 3.09.